The van der Waals surface area contributed by atoms with Crippen LogP contribution in [0.2, 0.25) is 0 Å². The molecule has 0 atom stereocenters. The standard InChI is InChI=1S/C21H18N2O8/c1-30-9-3-8-22-19(25)16-7-6-14(11-17(16)20(22)26)21(27)31-12-18(24)13-4-2-5-15(10-13)23(28)29/h2,4-7,10-11H,3,8-9,12H2,1H3. The minimum absolute atomic E-state index is 0.00508. The summed E-state index contributed by atoms with van der Waals surface area (Å²) >= 11 is 0. The van der Waals surface area contributed by atoms with E-state index in [2.05, 4.69) is 0 Å². The van der Waals surface area contributed by atoms with Crippen LogP contribution in [0.5, 0.6) is 0 Å². The molecule has 0 saturated carbocycles. The first kappa shape index (κ1) is 21.8. The van der Waals surface area contributed by atoms with Gasteiger partial charge in [0.05, 0.1) is 21.6 Å². The molecule has 0 spiro atoms. The Morgan fingerprint density at radius 1 is 1.03 bits per heavy atom. The molecule has 10 nitrogen and oxygen atoms in total. The van der Waals surface area contributed by atoms with E-state index in [-0.39, 0.29) is 34.5 Å². The second-order valence-electron chi connectivity index (χ2n) is 6.68. The minimum Gasteiger partial charge on any atom is -0.454 e. The number of Topliss-reactive ketones (excluding diaryl/α,β-unsaturated/α-hetero) is 1. The number of ketones is 1. The van der Waals surface area contributed by atoms with Gasteiger partial charge in [-0.15, -0.1) is 0 Å². The molecule has 0 radical (unpaired) electrons. The first-order valence-corrected chi connectivity index (χ1v) is 9.27. The number of nitro groups is 1. The molecule has 0 fully saturated rings. The largest absolute Gasteiger partial charge is 0.454 e. The van der Waals surface area contributed by atoms with Crippen molar-refractivity contribution in [1.82, 2.24) is 4.90 Å². The number of amides is 2. The summed E-state index contributed by atoms with van der Waals surface area (Å²) in [6.45, 7) is -0.0473. The van der Waals surface area contributed by atoms with Crippen LogP contribution in [0.25, 0.3) is 0 Å². The van der Waals surface area contributed by atoms with Crippen LogP contribution in [0, 0.1) is 10.1 Å². The zero-order chi connectivity index (χ0) is 22.5. The van der Waals surface area contributed by atoms with E-state index in [1.165, 1.54) is 43.5 Å². The maximum atomic E-state index is 12.5. The first-order chi connectivity index (χ1) is 14.8. The van der Waals surface area contributed by atoms with E-state index in [0.717, 1.165) is 11.0 Å². The molecular formula is C21H18N2O8. The number of carbonyl (C=O) groups excluding carboxylic acids is 4. The van der Waals surface area contributed by atoms with E-state index >= 15 is 0 Å². The molecule has 2 aromatic rings. The summed E-state index contributed by atoms with van der Waals surface area (Å²) in [6.07, 6.45) is 0.483. The van der Waals surface area contributed by atoms with Crippen molar-refractivity contribution in [1.29, 1.82) is 0 Å². The van der Waals surface area contributed by atoms with E-state index in [1.807, 2.05) is 0 Å². The highest BCUT2D eigenvalue weighted by molar-refractivity contribution is 6.22. The van der Waals surface area contributed by atoms with Crippen LogP contribution in [-0.2, 0) is 9.47 Å². The number of benzene rings is 2. The number of hydrogen-bond acceptors (Lipinski definition) is 8. The van der Waals surface area contributed by atoms with Gasteiger partial charge in [0.15, 0.2) is 6.61 Å². The molecule has 1 aliphatic heterocycles. The fourth-order valence-corrected chi connectivity index (χ4v) is 3.08. The number of ether oxygens (including phenoxy) is 2. The van der Waals surface area contributed by atoms with E-state index < -0.39 is 35.1 Å². The summed E-state index contributed by atoms with van der Waals surface area (Å²) in [4.78, 5) is 60.7. The highest BCUT2D eigenvalue weighted by Crippen LogP contribution is 2.24. The first-order valence-electron chi connectivity index (χ1n) is 9.27. The van der Waals surface area contributed by atoms with Crippen molar-refractivity contribution < 1.29 is 33.6 Å². The Morgan fingerprint density at radius 3 is 2.48 bits per heavy atom. The molecule has 0 saturated heterocycles. The lowest BCUT2D eigenvalue weighted by Crippen LogP contribution is -2.31. The molecule has 0 bridgehead atoms. The summed E-state index contributed by atoms with van der Waals surface area (Å²) < 4.78 is 9.91. The second-order valence-corrected chi connectivity index (χ2v) is 6.68. The van der Waals surface area contributed by atoms with Gasteiger partial charge in [0.1, 0.15) is 0 Å². The van der Waals surface area contributed by atoms with Crippen molar-refractivity contribution in [2.45, 2.75) is 6.42 Å². The Hall–Kier alpha value is -3.92. The van der Waals surface area contributed by atoms with Gasteiger partial charge in [-0.1, -0.05) is 12.1 Å². The fourth-order valence-electron chi connectivity index (χ4n) is 3.08. The minimum atomic E-state index is -0.861. The maximum absolute atomic E-state index is 12.5. The number of fused-ring (bicyclic) bond motifs is 1. The summed E-state index contributed by atoms with van der Waals surface area (Å²) in [5.41, 5.74) is 0.0523. The number of methoxy groups -OCH3 is 1. The third-order valence-electron chi connectivity index (χ3n) is 4.65. The van der Waals surface area contributed by atoms with E-state index in [9.17, 15) is 29.3 Å². The summed E-state index contributed by atoms with van der Waals surface area (Å²) in [7, 11) is 1.52. The van der Waals surface area contributed by atoms with Crippen LogP contribution in [0.15, 0.2) is 42.5 Å². The molecule has 160 valence electrons. The summed E-state index contributed by atoms with van der Waals surface area (Å²) in [5.74, 6) is -2.44. The Labute approximate surface area is 176 Å². The van der Waals surface area contributed by atoms with Crippen molar-refractivity contribution in [2.24, 2.45) is 0 Å². The van der Waals surface area contributed by atoms with Gasteiger partial charge in [-0.2, -0.15) is 0 Å². The van der Waals surface area contributed by atoms with E-state index in [4.69, 9.17) is 9.47 Å². The lowest BCUT2D eigenvalue weighted by molar-refractivity contribution is -0.384. The molecule has 3 rings (SSSR count). The van der Waals surface area contributed by atoms with Gasteiger partial charge in [-0.25, -0.2) is 4.79 Å². The normalized spacial score (nSPS) is 12.6. The Balaban J connectivity index is 1.67. The quantitative estimate of drug-likeness (QED) is 0.149. The Bertz CT molecular complexity index is 1080. The van der Waals surface area contributed by atoms with Crippen molar-refractivity contribution in [3.63, 3.8) is 0 Å². The van der Waals surface area contributed by atoms with Gasteiger partial charge < -0.3 is 9.47 Å². The van der Waals surface area contributed by atoms with Crippen LogP contribution in [0.1, 0.15) is 47.9 Å². The van der Waals surface area contributed by atoms with E-state index in [0.29, 0.717) is 13.0 Å². The SMILES string of the molecule is COCCCN1C(=O)c2ccc(C(=O)OCC(=O)c3cccc([N+](=O)[O-])c3)cc2C1=O. The van der Waals surface area contributed by atoms with E-state index in [1.54, 1.807) is 0 Å². The van der Waals surface area contributed by atoms with Gasteiger partial charge >= 0.3 is 5.97 Å². The molecular weight excluding hydrogens is 408 g/mol. The number of nitrogens with zero attached hydrogens (tertiary/aromatic N) is 2. The molecule has 1 heterocycles. The predicted octanol–water partition coefficient (Wildman–Crippen LogP) is 2.27. The fraction of sp³-hybridized carbons (Fsp3) is 0.238. The van der Waals surface area contributed by atoms with Crippen molar-refractivity contribution in [3.8, 4) is 0 Å². The van der Waals surface area contributed by atoms with Crippen LogP contribution in [0.3, 0.4) is 0 Å². The average molecular weight is 426 g/mol. The molecule has 0 N–H and O–H groups in total. The molecule has 10 heteroatoms. The third kappa shape index (κ3) is 4.64. The van der Waals surface area contributed by atoms with Crippen molar-refractivity contribution in [3.05, 3.63) is 74.8 Å². The second kappa shape index (κ2) is 9.26. The number of non-ortho nitro benzene ring substituents is 1. The van der Waals surface area contributed by atoms with Crippen molar-refractivity contribution >= 4 is 29.3 Å². The molecule has 0 aliphatic carbocycles. The zero-order valence-corrected chi connectivity index (χ0v) is 16.5. The maximum Gasteiger partial charge on any atom is 0.338 e. The number of nitro benzene ring substituents is 1. The molecule has 0 aromatic heterocycles. The molecule has 31 heavy (non-hydrogen) atoms. The molecule has 0 unspecified atom stereocenters. The number of carbonyl (C=O) groups is 4. The lowest BCUT2D eigenvalue weighted by atomic mass is 10.1. The van der Waals surface area contributed by atoms with Crippen LogP contribution >= 0.6 is 0 Å². The highest BCUT2D eigenvalue weighted by atomic mass is 16.6. The molecule has 1 aliphatic rings. The van der Waals surface area contributed by atoms with Gasteiger partial charge in [-0.05, 0) is 24.6 Å². The molecule has 2 amide bonds. The highest BCUT2D eigenvalue weighted by Gasteiger charge is 2.35. The van der Waals surface area contributed by atoms with Gasteiger partial charge in [0.2, 0.25) is 5.78 Å². The van der Waals surface area contributed by atoms with Gasteiger partial charge in [-0.3, -0.25) is 29.4 Å². The summed E-state index contributed by atoms with van der Waals surface area (Å²) in [5, 5.41) is 10.8. The van der Waals surface area contributed by atoms with Crippen molar-refractivity contribution in [2.75, 3.05) is 26.9 Å². The van der Waals surface area contributed by atoms with Gasteiger partial charge in [0.25, 0.3) is 17.5 Å². The lowest BCUT2D eigenvalue weighted by Gasteiger charge is -2.12. The Kier molecular flexibility index (Phi) is 6.51. The third-order valence-corrected chi connectivity index (χ3v) is 4.65. The van der Waals surface area contributed by atoms with Gasteiger partial charge in [0, 0.05) is 38.0 Å². The zero-order valence-electron chi connectivity index (χ0n) is 16.5. The number of rotatable bonds is 9. The number of imide groups is 1. The smallest absolute Gasteiger partial charge is 0.338 e. The monoisotopic (exact) mass is 426 g/mol. The van der Waals surface area contributed by atoms with Crippen LogP contribution in [0.4, 0.5) is 5.69 Å². The van der Waals surface area contributed by atoms with Crippen LogP contribution in [-0.4, -0.2) is 60.3 Å². The molecule has 2 aromatic carbocycles. The average Bonchev–Trinajstić information content (AvgIpc) is 3.01. The number of esters is 1. The van der Waals surface area contributed by atoms with Crippen LogP contribution < -0.4 is 0 Å². The topological polar surface area (TPSA) is 133 Å². The number of hydrogen-bond donors (Lipinski definition) is 0. The summed E-state index contributed by atoms with van der Waals surface area (Å²) in [6, 6.07) is 9.02. The Morgan fingerprint density at radius 2 is 1.77 bits per heavy atom. The predicted molar refractivity (Wildman–Crippen MR) is 106 cm³/mol.